The van der Waals surface area contributed by atoms with E-state index in [1.165, 1.54) is 0 Å². The molecule has 1 aromatic rings. The molecule has 0 aliphatic carbocycles. The van der Waals surface area contributed by atoms with Crippen LogP contribution in [0.5, 0.6) is 0 Å². The normalized spacial score (nSPS) is 24.4. The number of hydrogen-bond donors (Lipinski definition) is 1. The summed E-state index contributed by atoms with van der Waals surface area (Å²) >= 11 is 0. The summed E-state index contributed by atoms with van der Waals surface area (Å²) in [5.74, 6) is 2.12. The molecule has 17 heavy (non-hydrogen) atoms. The van der Waals surface area contributed by atoms with Crippen LogP contribution in [-0.2, 0) is 22.6 Å². The Kier molecular flexibility index (Phi) is 4.09. The maximum atomic E-state index is 5.67. The SMILES string of the molecule is COCCn1c(CN)nnc1C1COC(C)C1. The van der Waals surface area contributed by atoms with E-state index in [0.717, 1.165) is 31.2 Å². The van der Waals surface area contributed by atoms with Crippen molar-refractivity contribution >= 4 is 0 Å². The highest BCUT2D eigenvalue weighted by atomic mass is 16.5. The first-order chi connectivity index (χ1) is 8.26. The minimum absolute atomic E-state index is 0.300. The van der Waals surface area contributed by atoms with Gasteiger partial charge in [0.1, 0.15) is 11.6 Å². The number of ether oxygens (including phenoxy) is 2. The van der Waals surface area contributed by atoms with E-state index in [2.05, 4.69) is 21.7 Å². The van der Waals surface area contributed by atoms with Crippen LogP contribution in [0.15, 0.2) is 0 Å². The van der Waals surface area contributed by atoms with Crippen molar-refractivity contribution < 1.29 is 9.47 Å². The van der Waals surface area contributed by atoms with Crippen LogP contribution in [0.2, 0.25) is 0 Å². The molecule has 0 bridgehead atoms. The van der Waals surface area contributed by atoms with Gasteiger partial charge in [0, 0.05) is 19.6 Å². The van der Waals surface area contributed by atoms with Gasteiger partial charge < -0.3 is 19.8 Å². The standard InChI is InChI=1S/C11H20N4O2/c1-8-5-9(7-17-8)11-14-13-10(6-12)15(11)3-4-16-2/h8-9H,3-7,12H2,1-2H3. The first-order valence-electron chi connectivity index (χ1n) is 5.98. The number of nitrogens with two attached hydrogens (primary N) is 1. The van der Waals surface area contributed by atoms with Gasteiger partial charge in [-0.1, -0.05) is 0 Å². The van der Waals surface area contributed by atoms with Gasteiger partial charge in [0.05, 0.1) is 25.9 Å². The summed E-state index contributed by atoms with van der Waals surface area (Å²) < 4.78 is 12.7. The van der Waals surface area contributed by atoms with Crippen LogP contribution in [0.25, 0.3) is 0 Å². The molecule has 1 aliphatic rings. The van der Waals surface area contributed by atoms with Gasteiger partial charge in [-0.2, -0.15) is 0 Å². The topological polar surface area (TPSA) is 75.2 Å². The van der Waals surface area contributed by atoms with Gasteiger partial charge in [-0.05, 0) is 13.3 Å². The summed E-state index contributed by atoms with van der Waals surface area (Å²) in [5.41, 5.74) is 5.67. The van der Waals surface area contributed by atoms with Crippen molar-refractivity contribution in [3.05, 3.63) is 11.6 Å². The van der Waals surface area contributed by atoms with Crippen LogP contribution >= 0.6 is 0 Å². The first kappa shape index (κ1) is 12.5. The zero-order valence-electron chi connectivity index (χ0n) is 10.4. The van der Waals surface area contributed by atoms with E-state index >= 15 is 0 Å². The lowest BCUT2D eigenvalue weighted by atomic mass is 10.1. The second-order valence-corrected chi connectivity index (χ2v) is 4.40. The number of rotatable bonds is 5. The zero-order valence-corrected chi connectivity index (χ0v) is 10.4. The van der Waals surface area contributed by atoms with E-state index in [1.807, 2.05) is 0 Å². The van der Waals surface area contributed by atoms with Gasteiger partial charge in [-0.25, -0.2) is 0 Å². The molecule has 2 rings (SSSR count). The predicted molar refractivity (Wildman–Crippen MR) is 62.6 cm³/mol. The molecular formula is C11H20N4O2. The predicted octanol–water partition coefficient (Wildman–Crippen LogP) is 0.276. The average Bonchev–Trinajstić information content (AvgIpc) is 2.91. The second-order valence-electron chi connectivity index (χ2n) is 4.40. The Morgan fingerprint density at radius 1 is 1.53 bits per heavy atom. The molecule has 6 heteroatoms. The molecule has 1 aromatic heterocycles. The molecule has 1 saturated heterocycles. The van der Waals surface area contributed by atoms with Gasteiger partial charge in [-0.3, -0.25) is 0 Å². The molecule has 0 saturated carbocycles. The fourth-order valence-corrected chi connectivity index (χ4v) is 2.23. The van der Waals surface area contributed by atoms with Crippen LogP contribution < -0.4 is 5.73 Å². The Hall–Kier alpha value is -0.980. The molecule has 0 aromatic carbocycles. The highest BCUT2D eigenvalue weighted by Gasteiger charge is 2.28. The fraction of sp³-hybridized carbons (Fsp3) is 0.818. The minimum Gasteiger partial charge on any atom is -0.383 e. The highest BCUT2D eigenvalue weighted by Crippen LogP contribution is 2.28. The van der Waals surface area contributed by atoms with Gasteiger partial charge in [0.25, 0.3) is 0 Å². The van der Waals surface area contributed by atoms with Gasteiger partial charge >= 0.3 is 0 Å². The minimum atomic E-state index is 0.300. The Labute approximate surface area is 101 Å². The van der Waals surface area contributed by atoms with E-state index in [0.29, 0.717) is 25.2 Å². The van der Waals surface area contributed by atoms with Crippen LogP contribution in [0.4, 0.5) is 0 Å². The summed E-state index contributed by atoms with van der Waals surface area (Å²) in [6, 6.07) is 0. The molecule has 2 unspecified atom stereocenters. The van der Waals surface area contributed by atoms with Crippen LogP contribution in [0.1, 0.15) is 30.9 Å². The summed E-state index contributed by atoms with van der Waals surface area (Å²) in [5, 5.41) is 8.39. The maximum absolute atomic E-state index is 5.67. The van der Waals surface area contributed by atoms with Gasteiger partial charge in [0.15, 0.2) is 0 Å². The number of methoxy groups -OCH3 is 1. The Morgan fingerprint density at radius 3 is 2.94 bits per heavy atom. The average molecular weight is 240 g/mol. The van der Waals surface area contributed by atoms with Crippen LogP contribution in [0, 0.1) is 0 Å². The van der Waals surface area contributed by atoms with E-state index in [-0.39, 0.29) is 0 Å². The number of hydrogen-bond acceptors (Lipinski definition) is 5. The second kappa shape index (κ2) is 5.57. The maximum Gasteiger partial charge on any atom is 0.146 e. The fourth-order valence-electron chi connectivity index (χ4n) is 2.23. The van der Waals surface area contributed by atoms with Crippen molar-refractivity contribution in [1.29, 1.82) is 0 Å². The molecule has 2 heterocycles. The summed E-state index contributed by atoms with van der Waals surface area (Å²) in [6.45, 7) is 4.59. The molecule has 2 N–H and O–H groups in total. The van der Waals surface area contributed by atoms with E-state index in [4.69, 9.17) is 15.2 Å². The zero-order chi connectivity index (χ0) is 12.3. The molecule has 96 valence electrons. The lowest BCUT2D eigenvalue weighted by molar-refractivity contribution is 0.123. The Bertz CT molecular complexity index is 366. The van der Waals surface area contributed by atoms with E-state index < -0.39 is 0 Å². The van der Waals surface area contributed by atoms with Crippen molar-refractivity contribution in [2.75, 3.05) is 20.3 Å². The van der Waals surface area contributed by atoms with Crippen molar-refractivity contribution in [2.45, 2.75) is 38.5 Å². The van der Waals surface area contributed by atoms with Crippen LogP contribution in [0.3, 0.4) is 0 Å². The van der Waals surface area contributed by atoms with Crippen molar-refractivity contribution in [3.8, 4) is 0 Å². The largest absolute Gasteiger partial charge is 0.383 e. The monoisotopic (exact) mass is 240 g/mol. The molecular weight excluding hydrogens is 220 g/mol. The molecule has 0 spiro atoms. The molecule has 6 nitrogen and oxygen atoms in total. The van der Waals surface area contributed by atoms with Gasteiger partial charge in [0.2, 0.25) is 0 Å². The summed E-state index contributed by atoms with van der Waals surface area (Å²) in [7, 11) is 1.69. The third-order valence-electron chi connectivity index (χ3n) is 3.12. The number of aromatic nitrogens is 3. The molecule has 0 amide bonds. The molecule has 1 fully saturated rings. The lowest BCUT2D eigenvalue weighted by Gasteiger charge is -2.12. The van der Waals surface area contributed by atoms with E-state index in [9.17, 15) is 0 Å². The lowest BCUT2D eigenvalue weighted by Crippen LogP contribution is -2.16. The summed E-state index contributed by atoms with van der Waals surface area (Å²) in [4.78, 5) is 0. The molecule has 2 atom stereocenters. The van der Waals surface area contributed by atoms with Crippen LogP contribution in [-0.4, -0.2) is 41.2 Å². The van der Waals surface area contributed by atoms with E-state index in [1.54, 1.807) is 7.11 Å². The first-order valence-corrected chi connectivity index (χ1v) is 5.98. The highest BCUT2D eigenvalue weighted by molar-refractivity contribution is 5.04. The third kappa shape index (κ3) is 2.65. The Morgan fingerprint density at radius 2 is 2.35 bits per heavy atom. The smallest absolute Gasteiger partial charge is 0.146 e. The molecule has 1 aliphatic heterocycles. The third-order valence-corrected chi connectivity index (χ3v) is 3.12. The molecule has 0 radical (unpaired) electrons. The van der Waals surface area contributed by atoms with Crippen molar-refractivity contribution in [3.63, 3.8) is 0 Å². The summed E-state index contributed by atoms with van der Waals surface area (Å²) in [6.07, 6.45) is 1.30. The van der Waals surface area contributed by atoms with Gasteiger partial charge in [-0.15, -0.1) is 10.2 Å². The quantitative estimate of drug-likeness (QED) is 0.800. The van der Waals surface area contributed by atoms with Crippen molar-refractivity contribution in [1.82, 2.24) is 14.8 Å². The van der Waals surface area contributed by atoms with Crippen molar-refractivity contribution in [2.24, 2.45) is 5.73 Å². The Balaban J connectivity index is 2.17. The number of nitrogens with zero attached hydrogens (tertiary/aromatic N) is 3.